The van der Waals surface area contributed by atoms with Gasteiger partial charge < -0.3 is 5.11 Å². The topological polar surface area (TPSA) is 91.8 Å². The number of aliphatic carboxylic acids is 1. The van der Waals surface area contributed by atoms with Crippen LogP contribution in [0, 0.1) is 11.3 Å². The first-order chi connectivity index (χ1) is 10.2. The number of carboxylic acid groups (broad SMARTS) is 1. The molecule has 0 saturated carbocycles. The van der Waals surface area contributed by atoms with E-state index in [-0.39, 0.29) is 6.42 Å². The van der Waals surface area contributed by atoms with Gasteiger partial charge in [-0.1, -0.05) is 30.7 Å². The Balaban J connectivity index is 2.31. The van der Waals surface area contributed by atoms with Gasteiger partial charge in [-0.15, -0.1) is 5.10 Å². The fourth-order valence-electron chi connectivity index (χ4n) is 2.09. The lowest BCUT2D eigenvalue weighted by atomic mass is 10.1. The van der Waals surface area contributed by atoms with Gasteiger partial charge in [-0.3, -0.25) is 4.79 Å². The highest BCUT2D eigenvalue weighted by Crippen LogP contribution is 2.16. The molecule has 1 aromatic carbocycles. The van der Waals surface area contributed by atoms with Crippen molar-refractivity contribution in [1.82, 2.24) is 15.0 Å². The number of carboxylic acids is 1. The molecule has 1 N–H and O–H groups in total. The van der Waals surface area contributed by atoms with E-state index in [4.69, 9.17) is 10.4 Å². The Morgan fingerprint density at radius 2 is 2.10 bits per heavy atom. The first-order valence-electron chi connectivity index (χ1n) is 6.81. The van der Waals surface area contributed by atoms with Crippen LogP contribution in [0.4, 0.5) is 0 Å². The second kappa shape index (κ2) is 6.66. The highest BCUT2D eigenvalue weighted by atomic mass is 16.4. The van der Waals surface area contributed by atoms with Crippen molar-refractivity contribution < 1.29 is 9.90 Å². The highest BCUT2D eigenvalue weighted by Gasteiger charge is 2.13. The van der Waals surface area contributed by atoms with Gasteiger partial charge in [-0.2, -0.15) is 5.26 Å². The van der Waals surface area contributed by atoms with Gasteiger partial charge >= 0.3 is 5.97 Å². The number of unbranched alkanes of at least 4 members (excludes halogenated alkanes) is 1. The minimum atomic E-state index is -0.862. The molecule has 1 heterocycles. The number of hydrogen-bond donors (Lipinski definition) is 1. The summed E-state index contributed by atoms with van der Waals surface area (Å²) in [6.45, 7) is 2.08. The van der Waals surface area contributed by atoms with Crippen molar-refractivity contribution in [3.8, 4) is 11.8 Å². The molecule has 1 aromatic heterocycles. The van der Waals surface area contributed by atoms with Gasteiger partial charge in [0, 0.05) is 0 Å². The lowest BCUT2D eigenvalue weighted by molar-refractivity contribution is -0.136. The van der Waals surface area contributed by atoms with Crippen molar-refractivity contribution >= 4 is 5.97 Å². The molecule has 0 aliphatic carbocycles. The molecule has 6 heteroatoms. The fourth-order valence-corrected chi connectivity index (χ4v) is 2.09. The number of benzene rings is 1. The number of aromatic nitrogens is 3. The molecule has 0 atom stereocenters. The van der Waals surface area contributed by atoms with Gasteiger partial charge in [0.15, 0.2) is 5.69 Å². The molecular formula is C15H16N4O2. The predicted octanol–water partition coefficient (Wildman–Crippen LogP) is 2.11. The van der Waals surface area contributed by atoms with E-state index in [0.29, 0.717) is 5.69 Å². The van der Waals surface area contributed by atoms with Crippen LogP contribution in [-0.2, 0) is 17.6 Å². The van der Waals surface area contributed by atoms with Gasteiger partial charge in [0.2, 0.25) is 0 Å². The monoisotopic (exact) mass is 284 g/mol. The Hall–Kier alpha value is -2.68. The third-order valence-electron chi connectivity index (χ3n) is 3.17. The first-order valence-corrected chi connectivity index (χ1v) is 6.81. The van der Waals surface area contributed by atoms with Crippen LogP contribution in [0.3, 0.4) is 0 Å². The van der Waals surface area contributed by atoms with Crippen molar-refractivity contribution in [2.45, 2.75) is 32.6 Å². The summed E-state index contributed by atoms with van der Waals surface area (Å²) in [6, 6.07) is 9.15. The average Bonchev–Trinajstić information content (AvgIpc) is 2.88. The van der Waals surface area contributed by atoms with Crippen LogP contribution in [0.15, 0.2) is 24.3 Å². The lowest BCUT2D eigenvalue weighted by Crippen LogP contribution is -2.04. The number of nitrogens with zero attached hydrogens (tertiary/aromatic N) is 4. The van der Waals surface area contributed by atoms with Crippen LogP contribution < -0.4 is 0 Å². The molecule has 0 saturated heterocycles. The summed E-state index contributed by atoms with van der Waals surface area (Å²) in [6.07, 6.45) is 2.71. The largest absolute Gasteiger partial charge is 0.481 e. The quantitative estimate of drug-likeness (QED) is 0.877. The SMILES string of the molecule is CCCCc1c(C#N)nnn1-c1ccc(CC(=O)O)cc1. The highest BCUT2D eigenvalue weighted by molar-refractivity contribution is 5.70. The summed E-state index contributed by atoms with van der Waals surface area (Å²) in [5, 5.41) is 25.8. The minimum absolute atomic E-state index is 0.0101. The normalized spacial score (nSPS) is 10.3. The van der Waals surface area contributed by atoms with E-state index < -0.39 is 5.97 Å². The molecule has 108 valence electrons. The molecular weight excluding hydrogens is 268 g/mol. The molecule has 0 bridgehead atoms. The fraction of sp³-hybridized carbons (Fsp3) is 0.333. The van der Waals surface area contributed by atoms with Gasteiger partial charge in [-0.25, -0.2) is 4.68 Å². The lowest BCUT2D eigenvalue weighted by Gasteiger charge is -2.07. The van der Waals surface area contributed by atoms with E-state index in [1.54, 1.807) is 28.9 Å². The number of carbonyl (C=O) groups is 1. The first kappa shape index (κ1) is 14.7. The van der Waals surface area contributed by atoms with Gasteiger partial charge in [0.1, 0.15) is 6.07 Å². The molecule has 0 fully saturated rings. The third kappa shape index (κ3) is 3.45. The summed E-state index contributed by atoms with van der Waals surface area (Å²) in [5.41, 5.74) is 2.65. The molecule has 21 heavy (non-hydrogen) atoms. The molecule has 6 nitrogen and oxygen atoms in total. The molecule has 0 aliphatic heterocycles. The summed E-state index contributed by atoms with van der Waals surface area (Å²) in [5.74, 6) is -0.862. The van der Waals surface area contributed by atoms with E-state index in [9.17, 15) is 4.79 Å². The summed E-state index contributed by atoms with van der Waals surface area (Å²) < 4.78 is 1.65. The molecule has 0 amide bonds. The van der Waals surface area contributed by atoms with Crippen molar-refractivity contribution in [3.63, 3.8) is 0 Å². The summed E-state index contributed by atoms with van der Waals surface area (Å²) in [4.78, 5) is 10.7. The van der Waals surface area contributed by atoms with E-state index in [0.717, 1.165) is 36.2 Å². The maximum Gasteiger partial charge on any atom is 0.307 e. The maximum absolute atomic E-state index is 10.7. The van der Waals surface area contributed by atoms with E-state index in [1.165, 1.54) is 0 Å². The third-order valence-corrected chi connectivity index (χ3v) is 3.17. The molecule has 0 aliphatic rings. The second-order valence-corrected chi connectivity index (χ2v) is 4.75. The molecule has 2 aromatic rings. The van der Waals surface area contributed by atoms with Crippen molar-refractivity contribution in [2.75, 3.05) is 0 Å². The van der Waals surface area contributed by atoms with Gasteiger partial charge in [0.25, 0.3) is 0 Å². The minimum Gasteiger partial charge on any atom is -0.481 e. The van der Waals surface area contributed by atoms with Crippen LogP contribution in [-0.4, -0.2) is 26.1 Å². The zero-order valence-corrected chi connectivity index (χ0v) is 11.8. The standard InChI is InChI=1S/C15H16N4O2/c1-2-3-4-14-13(10-16)17-18-19(14)12-7-5-11(6-8-12)9-15(20)21/h5-8H,2-4,9H2,1H3,(H,20,21). The molecule has 0 spiro atoms. The van der Waals surface area contributed by atoms with E-state index in [2.05, 4.69) is 23.3 Å². The number of hydrogen-bond acceptors (Lipinski definition) is 4. The molecule has 0 radical (unpaired) electrons. The van der Waals surface area contributed by atoms with Crippen molar-refractivity contribution in [2.24, 2.45) is 0 Å². The van der Waals surface area contributed by atoms with E-state index in [1.807, 2.05) is 0 Å². The van der Waals surface area contributed by atoms with Crippen LogP contribution >= 0.6 is 0 Å². The predicted molar refractivity (Wildman–Crippen MR) is 76.0 cm³/mol. The van der Waals surface area contributed by atoms with Crippen molar-refractivity contribution in [3.05, 3.63) is 41.2 Å². The Kier molecular flexibility index (Phi) is 4.67. The Morgan fingerprint density at radius 1 is 1.38 bits per heavy atom. The zero-order valence-electron chi connectivity index (χ0n) is 11.8. The van der Waals surface area contributed by atoms with Crippen LogP contribution in [0.1, 0.15) is 36.7 Å². The molecule has 0 unspecified atom stereocenters. The Labute approximate surface area is 122 Å². The number of rotatable bonds is 6. The van der Waals surface area contributed by atoms with Gasteiger partial charge in [0.05, 0.1) is 17.8 Å². The average molecular weight is 284 g/mol. The molecule has 2 rings (SSSR count). The van der Waals surface area contributed by atoms with Crippen LogP contribution in [0.2, 0.25) is 0 Å². The van der Waals surface area contributed by atoms with Crippen molar-refractivity contribution in [1.29, 1.82) is 5.26 Å². The van der Waals surface area contributed by atoms with Gasteiger partial charge in [-0.05, 0) is 30.5 Å². The van der Waals surface area contributed by atoms with Crippen LogP contribution in [0.5, 0.6) is 0 Å². The second-order valence-electron chi connectivity index (χ2n) is 4.75. The Bertz CT molecular complexity index is 668. The maximum atomic E-state index is 10.7. The van der Waals surface area contributed by atoms with E-state index >= 15 is 0 Å². The summed E-state index contributed by atoms with van der Waals surface area (Å²) in [7, 11) is 0. The van der Waals surface area contributed by atoms with Crippen LogP contribution in [0.25, 0.3) is 5.69 Å². The number of nitriles is 1. The zero-order chi connectivity index (χ0) is 15.2. The smallest absolute Gasteiger partial charge is 0.307 e. The summed E-state index contributed by atoms with van der Waals surface area (Å²) >= 11 is 0. The Morgan fingerprint density at radius 3 is 2.67 bits per heavy atom.